The first-order valence-electron chi connectivity index (χ1n) is 7.29. The summed E-state index contributed by atoms with van der Waals surface area (Å²) in [4.78, 5) is 10.2. The Morgan fingerprint density at radius 1 is 0.889 bits per heavy atom. The molecule has 2 heteroatoms. The van der Waals surface area contributed by atoms with Crippen molar-refractivity contribution in [1.29, 1.82) is 0 Å². The molecule has 0 atom stereocenters. The van der Waals surface area contributed by atoms with Gasteiger partial charge in [0.05, 0.1) is 0 Å². The van der Waals surface area contributed by atoms with Crippen LogP contribution in [0.1, 0.15) is 71.1 Å². The summed E-state index contributed by atoms with van der Waals surface area (Å²) in [6.45, 7) is 2.18. The van der Waals surface area contributed by atoms with Crippen molar-refractivity contribution >= 4 is 5.97 Å². The lowest BCUT2D eigenvalue weighted by molar-refractivity contribution is -0.305. The summed E-state index contributed by atoms with van der Waals surface area (Å²) in [5.41, 5.74) is 0. The number of carbonyl (C=O) groups is 1. The number of rotatable bonds is 12. The Bertz CT molecular complexity index is 241. The van der Waals surface area contributed by atoms with Gasteiger partial charge < -0.3 is 9.90 Å². The number of hydrogen-bond donors (Lipinski definition) is 0. The normalized spacial score (nSPS) is 11.6. The van der Waals surface area contributed by atoms with E-state index < -0.39 is 5.97 Å². The van der Waals surface area contributed by atoms with Crippen molar-refractivity contribution in [3.63, 3.8) is 0 Å². The molecule has 0 aliphatic carbocycles. The van der Waals surface area contributed by atoms with Crippen LogP contribution in [-0.2, 0) is 4.79 Å². The Balaban J connectivity index is 3.13. The Morgan fingerprint density at radius 2 is 1.44 bits per heavy atom. The fraction of sp³-hybridized carbons (Fsp3) is 0.688. The monoisotopic (exact) mass is 251 g/mol. The molecule has 0 fully saturated rings. The van der Waals surface area contributed by atoms with Crippen LogP contribution >= 0.6 is 0 Å². The third kappa shape index (κ3) is 14.9. The number of carboxylic acids is 1. The summed E-state index contributed by atoms with van der Waals surface area (Å²) in [6.07, 6.45) is 19.1. The summed E-state index contributed by atoms with van der Waals surface area (Å²) < 4.78 is 0. The minimum absolute atomic E-state index is 0.215. The predicted octanol–water partition coefficient (Wildman–Crippen LogP) is 3.77. The van der Waals surface area contributed by atoms with Crippen molar-refractivity contribution in [1.82, 2.24) is 0 Å². The van der Waals surface area contributed by atoms with Crippen molar-refractivity contribution in [3.8, 4) is 0 Å². The number of aliphatic carboxylic acids is 1. The largest absolute Gasteiger partial charge is 0.550 e. The molecule has 0 aromatic heterocycles. The zero-order valence-corrected chi connectivity index (χ0v) is 11.7. The van der Waals surface area contributed by atoms with E-state index in [2.05, 4.69) is 31.2 Å². The fourth-order valence-corrected chi connectivity index (χ4v) is 1.75. The lowest BCUT2D eigenvalue weighted by Gasteiger charge is -2.01. The highest BCUT2D eigenvalue weighted by molar-refractivity contribution is 5.63. The predicted molar refractivity (Wildman–Crippen MR) is 75.1 cm³/mol. The molecule has 0 saturated carbocycles. The second-order valence-electron chi connectivity index (χ2n) is 4.68. The smallest absolute Gasteiger partial charge is 0.0414 e. The first-order valence-corrected chi connectivity index (χ1v) is 7.29. The molecule has 0 saturated heterocycles. The molecule has 0 aromatic carbocycles. The SMILES string of the molecule is CCC/C=C\C=C\CCCCCCCCC(=O)[O-]. The summed E-state index contributed by atoms with van der Waals surface area (Å²) in [5, 5.41) is 10.2. The van der Waals surface area contributed by atoms with Gasteiger partial charge in [-0.2, -0.15) is 0 Å². The molecule has 18 heavy (non-hydrogen) atoms. The summed E-state index contributed by atoms with van der Waals surface area (Å²) >= 11 is 0. The van der Waals surface area contributed by atoms with E-state index in [-0.39, 0.29) is 6.42 Å². The van der Waals surface area contributed by atoms with E-state index in [9.17, 15) is 9.90 Å². The first kappa shape index (κ1) is 16.9. The van der Waals surface area contributed by atoms with Gasteiger partial charge in [0.2, 0.25) is 0 Å². The molecule has 0 N–H and O–H groups in total. The van der Waals surface area contributed by atoms with Gasteiger partial charge in [-0.1, -0.05) is 63.3 Å². The van der Waals surface area contributed by atoms with Crippen molar-refractivity contribution < 1.29 is 9.90 Å². The molecule has 0 rings (SSSR count). The highest BCUT2D eigenvalue weighted by Gasteiger charge is 1.91. The number of unbranched alkanes of at least 4 members (excludes halogenated alkanes) is 7. The molecule has 0 spiro atoms. The minimum Gasteiger partial charge on any atom is -0.550 e. The van der Waals surface area contributed by atoms with Crippen LogP contribution < -0.4 is 5.11 Å². The maximum Gasteiger partial charge on any atom is 0.0414 e. The Hall–Kier alpha value is -1.05. The van der Waals surface area contributed by atoms with E-state index >= 15 is 0 Å². The second kappa shape index (κ2) is 14.0. The molecule has 0 heterocycles. The van der Waals surface area contributed by atoms with Crippen LogP contribution in [0.15, 0.2) is 24.3 Å². The number of carbonyl (C=O) groups excluding carboxylic acids is 1. The molecule has 0 aromatic rings. The van der Waals surface area contributed by atoms with Crippen molar-refractivity contribution in [2.24, 2.45) is 0 Å². The molecule has 104 valence electrons. The zero-order valence-electron chi connectivity index (χ0n) is 11.7. The highest BCUT2D eigenvalue weighted by Crippen LogP contribution is 2.08. The minimum atomic E-state index is -0.920. The standard InChI is InChI=1S/C16H28O2/c1-2-3-4-5-6-7-8-9-10-11-12-13-14-15-16(17)18/h4-7H,2-3,8-15H2,1H3,(H,17,18)/p-1/b5-4-,7-6+. The van der Waals surface area contributed by atoms with Gasteiger partial charge in [-0.15, -0.1) is 0 Å². The molecular weight excluding hydrogens is 224 g/mol. The van der Waals surface area contributed by atoms with Crippen molar-refractivity contribution in [3.05, 3.63) is 24.3 Å². The topological polar surface area (TPSA) is 40.1 Å². The van der Waals surface area contributed by atoms with Gasteiger partial charge in [0.1, 0.15) is 0 Å². The average molecular weight is 251 g/mol. The maximum absolute atomic E-state index is 10.2. The summed E-state index contributed by atoms with van der Waals surface area (Å²) in [5.74, 6) is -0.920. The molecule has 0 bridgehead atoms. The Morgan fingerprint density at radius 3 is 2.06 bits per heavy atom. The first-order chi connectivity index (χ1) is 8.77. The zero-order chi connectivity index (χ0) is 13.5. The molecule has 0 radical (unpaired) electrons. The van der Waals surface area contributed by atoms with Crippen LogP contribution in [0.5, 0.6) is 0 Å². The molecule has 0 amide bonds. The number of carboxylic acid groups (broad SMARTS) is 1. The van der Waals surface area contributed by atoms with Crippen LogP contribution in [0.25, 0.3) is 0 Å². The summed E-state index contributed by atoms with van der Waals surface area (Å²) in [7, 11) is 0. The van der Waals surface area contributed by atoms with Crippen molar-refractivity contribution in [2.75, 3.05) is 0 Å². The lowest BCUT2D eigenvalue weighted by Crippen LogP contribution is -2.21. The van der Waals surface area contributed by atoms with E-state index in [4.69, 9.17) is 0 Å². The molecular formula is C16H27O2-. The van der Waals surface area contributed by atoms with Gasteiger partial charge in [0.25, 0.3) is 0 Å². The van der Waals surface area contributed by atoms with Crippen LogP contribution in [0.3, 0.4) is 0 Å². The van der Waals surface area contributed by atoms with Crippen LogP contribution in [0.2, 0.25) is 0 Å². The van der Waals surface area contributed by atoms with E-state index in [1.165, 1.54) is 25.7 Å². The third-order valence-electron chi connectivity index (χ3n) is 2.84. The molecule has 2 nitrogen and oxygen atoms in total. The fourth-order valence-electron chi connectivity index (χ4n) is 1.75. The van der Waals surface area contributed by atoms with Gasteiger partial charge >= 0.3 is 0 Å². The second-order valence-corrected chi connectivity index (χ2v) is 4.68. The molecule has 0 aliphatic heterocycles. The van der Waals surface area contributed by atoms with Gasteiger partial charge in [-0.05, 0) is 32.1 Å². The van der Waals surface area contributed by atoms with E-state index in [0.29, 0.717) is 0 Å². The summed E-state index contributed by atoms with van der Waals surface area (Å²) in [6, 6.07) is 0. The Labute approximate surface area is 112 Å². The van der Waals surface area contributed by atoms with E-state index in [1.807, 2.05) is 0 Å². The quantitative estimate of drug-likeness (QED) is 0.391. The van der Waals surface area contributed by atoms with Crippen LogP contribution in [0, 0.1) is 0 Å². The third-order valence-corrected chi connectivity index (χ3v) is 2.84. The van der Waals surface area contributed by atoms with Gasteiger partial charge in [-0.25, -0.2) is 0 Å². The van der Waals surface area contributed by atoms with Crippen LogP contribution in [-0.4, -0.2) is 5.97 Å². The number of allylic oxidation sites excluding steroid dienone is 4. The molecule has 0 aliphatic rings. The van der Waals surface area contributed by atoms with E-state index in [1.54, 1.807) is 0 Å². The van der Waals surface area contributed by atoms with Crippen molar-refractivity contribution in [2.45, 2.75) is 71.1 Å². The maximum atomic E-state index is 10.2. The lowest BCUT2D eigenvalue weighted by atomic mass is 10.1. The Kier molecular flexibility index (Phi) is 13.2. The molecule has 0 unspecified atom stereocenters. The van der Waals surface area contributed by atoms with E-state index in [0.717, 1.165) is 32.1 Å². The average Bonchev–Trinajstić information content (AvgIpc) is 2.34. The van der Waals surface area contributed by atoms with Gasteiger partial charge in [-0.3, -0.25) is 0 Å². The highest BCUT2D eigenvalue weighted by atomic mass is 16.4. The van der Waals surface area contributed by atoms with Crippen LogP contribution in [0.4, 0.5) is 0 Å². The van der Waals surface area contributed by atoms with Gasteiger partial charge in [0, 0.05) is 5.97 Å². The van der Waals surface area contributed by atoms with Gasteiger partial charge in [0.15, 0.2) is 0 Å². The number of hydrogen-bond acceptors (Lipinski definition) is 2.